The van der Waals surface area contributed by atoms with Gasteiger partial charge < -0.3 is 14.6 Å². The Morgan fingerprint density at radius 1 is 0.967 bits per heavy atom. The molecule has 152 valence electrons. The molecular formula is C25H23FN2O2. The number of benzene rings is 3. The average molecular weight is 402 g/mol. The number of hydrogen-bond acceptors (Lipinski definition) is 3. The number of nitrogens with one attached hydrogen (secondary N) is 1. The minimum absolute atomic E-state index is 0.319. The van der Waals surface area contributed by atoms with Crippen molar-refractivity contribution in [1.82, 2.24) is 4.57 Å². The highest BCUT2D eigenvalue weighted by Crippen LogP contribution is 2.28. The standard InChI is InChI=1S/C25H23FN2O2/c1-25(2,3)30-24(29)21-13-12-20(28-15-14-17-6-4-5-7-23(17)28)16-22(21)27-19-10-8-18(26)9-11-19/h4-16,27H,1-3H3. The number of esters is 1. The highest BCUT2D eigenvalue weighted by atomic mass is 19.1. The normalized spacial score (nSPS) is 11.5. The van der Waals surface area contributed by atoms with Gasteiger partial charge in [-0.25, -0.2) is 9.18 Å². The van der Waals surface area contributed by atoms with Crippen LogP contribution in [0.2, 0.25) is 0 Å². The third-order valence-corrected chi connectivity index (χ3v) is 4.62. The van der Waals surface area contributed by atoms with Crippen LogP contribution in [0.1, 0.15) is 31.1 Å². The lowest BCUT2D eigenvalue weighted by molar-refractivity contribution is 0.00707. The molecule has 4 nitrogen and oxygen atoms in total. The number of nitrogens with zero attached hydrogens (tertiary/aromatic N) is 1. The van der Waals surface area contributed by atoms with Crippen molar-refractivity contribution < 1.29 is 13.9 Å². The van der Waals surface area contributed by atoms with E-state index in [1.54, 1.807) is 18.2 Å². The van der Waals surface area contributed by atoms with Gasteiger partial charge in [0.15, 0.2) is 0 Å². The summed E-state index contributed by atoms with van der Waals surface area (Å²) in [7, 11) is 0. The molecule has 0 aliphatic rings. The van der Waals surface area contributed by atoms with Crippen molar-refractivity contribution in [2.75, 3.05) is 5.32 Å². The Morgan fingerprint density at radius 2 is 1.70 bits per heavy atom. The second kappa shape index (κ2) is 7.67. The first-order chi connectivity index (χ1) is 14.3. The smallest absolute Gasteiger partial charge is 0.340 e. The Morgan fingerprint density at radius 3 is 2.43 bits per heavy atom. The second-order valence-corrected chi connectivity index (χ2v) is 8.11. The highest BCUT2D eigenvalue weighted by molar-refractivity contribution is 5.97. The Kier molecular flexibility index (Phi) is 5.04. The largest absolute Gasteiger partial charge is 0.456 e. The van der Waals surface area contributed by atoms with Crippen LogP contribution in [0.25, 0.3) is 16.6 Å². The summed E-state index contributed by atoms with van der Waals surface area (Å²) in [6.07, 6.45) is 1.99. The molecule has 0 atom stereocenters. The van der Waals surface area contributed by atoms with Crippen molar-refractivity contribution in [3.8, 4) is 5.69 Å². The van der Waals surface area contributed by atoms with Crippen LogP contribution >= 0.6 is 0 Å². The molecule has 0 saturated carbocycles. The molecule has 1 heterocycles. The molecule has 4 rings (SSSR count). The maximum atomic E-state index is 13.3. The summed E-state index contributed by atoms with van der Waals surface area (Å²) < 4.78 is 20.9. The fraction of sp³-hybridized carbons (Fsp3) is 0.160. The van der Waals surface area contributed by atoms with Crippen LogP contribution < -0.4 is 5.32 Å². The molecule has 0 spiro atoms. The Hall–Kier alpha value is -3.60. The quantitative estimate of drug-likeness (QED) is 0.398. The van der Waals surface area contributed by atoms with Crippen LogP contribution in [-0.2, 0) is 4.74 Å². The lowest BCUT2D eigenvalue weighted by Crippen LogP contribution is -2.24. The Bertz CT molecular complexity index is 1200. The number of carbonyl (C=O) groups is 1. The molecule has 30 heavy (non-hydrogen) atoms. The van der Waals surface area contributed by atoms with E-state index in [-0.39, 0.29) is 5.82 Å². The van der Waals surface area contributed by atoms with Crippen LogP contribution in [-0.4, -0.2) is 16.1 Å². The fourth-order valence-corrected chi connectivity index (χ4v) is 3.29. The van der Waals surface area contributed by atoms with Gasteiger partial charge in [-0.15, -0.1) is 0 Å². The summed E-state index contributed by atoms with van der Waals surface area (Å²) in [5, 5.41) is 4.36. The molecule has 0 bridgehead atoms. The molecule has 4 aromatic rings. The fourth-order valence-electron chi connectivity index (χ4n) is 3.29. The highest BCUT2D eigenvalue weighted by Gasteiger charge is 2.21. The molecule has 3 aromatic carbocycles. The van der Waals surface area contributed by atoms with Crippen molar-refractivity contribution in [3.63, 3.8) is 0 Å². The first-order valence-electron chi connectivity index (χ1n) is 9.77. The van der Waals surface area contributed by atoms with Crippen LogP contribution in [0.15, 0.2) is 79.0 Å². The van der Waals surface area contributed by atoms with E-state index in [2.05, 4.69) is 16.0 Å². The van der Waals surface area contributed by atoms with Gasteiger partial charge in [-0.3, -0.25) is 0 Å². The lowest BCUT2D eigenvalue weighted by atomic mass is 10.1. The molecule has 0 aliphatic heterocycles. The van der Waals surface area contributed by atoms with Crippen LogP contribution in [0.3, 0.4) is 0 Å². The number of rotatable bonds is 4. The lowest BCUT2D eigenvalue weighted by Gasteiger charge is -2.21. The van der Waals surface area contributed by atoms with Crippen molar-refractivity contribution in [1.29, 1.82) is 0 Å². The van der Waals surface area contributed by atoms with Gasteiger partial charge in [0, 0.05) is 17.6 Å². The monoisotopic (exact) mass is 402 g/mol. The summed E-state index contributed by atoms with van der Waals surface area (Å²) in [6.45, 7) is 5.49. The average Bonchev–Trinajstić information content (AvgIpc) is 3.12. The molecule has 0 saturated heterocycles. The summed E-state index contributed by atoms with van der Waals surface area (Å²) in [6, 6.07) is 21.7. The topological polar surface area (TPSA) is 43.3 Å². The first-order valence-corrected chi connectivity index (χ1v) is 9.77. The molecule has 1 aromatic heterocycles. The molecule has 0 unspecified atom stereocenters. The first kappa shape index (κ1) is 19.7. The Balaban J connectivity index is 1.78. The summed E-state index contributed by atoms with van der Waals surface area (Å²) in [4.78, 5) is 12.8. The van der Waals surface area contributed by atoms with Gasteiger partial charge in [0.1, 0.15) is 11.4 Å². The van der Waals surface area contributed by atoms with E-state index in [0.717, 1.165) is 16.6 Å². The third-order valence-electron chi connectivity index (χ3n) is 4.62. The molecular weight excluding hydrogens is 379 g/mol. The summed E-state index contributed by atoms with van der Waals surface area (Å²) in [5.74, 6) is -0.739. The number of carbonyl (C=O) groups excluding carboxylic acids is 1. The van der Waals surface area contributed by atoms with Gasteiger partial charge in [0.25, 0.3) is 0 Å². The van der Waals surface area contributed by atoms with Crippen LogP contribution in [0.5, 0.6) is 0 Å². The number of halogens is 1. The van der Waals surface area contributed by atoms with Gasteiger partial charge in [-0.1, -0.05) is 18.2 Å². The predicted molar refractivity (Wildman–Crippen MR) is 118 cm³/mol. The van der Waals surface area contributed by atoms with Gasteiger partial charge in [-0.2, -0.15) is 0 Å². The number of hydrogen-bond donors (Lipinski definition) is 1. The van der Waals surface area contributed by atoms with E-state index in [1.165, 1.54) is 12.1 Å². The SMILES string of the molecule is CC(C)(C)OC(=O)c1ccc(-n2ccc3ccccc32)cc1Nc1ccc(F)cc1. The number of para-hydroxylation sites is 1. The minimum Gasteiger partial charge on any atom is -0.456 e. The molecule has 0 aliphatic carbocycles. The summed E-state index contributed by atoms with van der Waals surface area (Å²) >= 11 is 0. The molecule has 0 radical (unpaired) electrons. The zero-order valence-electron chi connectivity index (χ0n) is 17.1. The molecule has 1 N–H and O–H groups in total. The maximum Gasteiger partial charge on any atom is 0.340 e. The van der Waals surface area contributed by atoms with E-state index >= 15 is 0 Å². The number of ether oxygens (including phenoxy) is 1. The van der Waals surface area contributed by atoms with Crippen molar-refractivity contribution >= 4 is 28.2 Å². The molecule has 0 amide bonds. The number of anilines is 2. The van der Waals surface area contributed by atoms with E-state index < -0.39 is 11.6 Å². The predicted octanol–water partition coefficient (Wildman–Crippen LogP) is 6.47. The van der Waals surface area contributed by atoms with E-state index in [9.17, 15) is 9.18 Å². The van der Waals surface area contributed by atoms with Crippen LogP contribution in [0.4, 0.5) is 15.8 Å². The van der Waals surface area contributed by atoms with E-state index in [4.69, 9.17) is 4.74 Å². The van der Waals surface area contributed by atoms with Gasteiger partial charge in [0.2, 0.25) is 0 Å². The number of aromatic nitrogens is 1. The molecule has 0 fully saturated rings. The van der Waals surface area contributed by atoms with E-state index in [1.807, 2.05) is 63.4 Å². The third kappa shape index (κ3) is 4.20. The van der Waals surface area contributed by atoms with Crippen molar-refractivity contribution in [2.24, 2.45) is 0 Å². The maximum absolute atomic E-state index is 13.3. The van der Waals surface area contributed by atoms with E-state index in [0.29, 0.717) is 16.9 Å². The summed E-state index contributed by atoms with van der Waals surface area (Å²) in [5.41, 5.74) is 3.03. The molecule has 5 heteroatoms. The minimum atomic E-state index is -0.612. The zero-order chi connectivity index (χ0) is 21.3. The van der Waals surface area contributed by atoms with Crippen molar-refractivity contribution in [2.45, 2.75) is 26.4 Å². The Labute approximate surface area is 174 Å². The number of fused-ring (bicyclic) bond motifs is 1. The second-order valence-electron chi connectivity index (χ2n) is 8.11. The van der Waals surface area contributed by atoms with Gasteiger partial charge in [-0.05, 0) is 80.8 Å². The zero-order valence-corrected chi connectivity index (χ0v) is 17.1. The van der Waals surface area contributed by atoms with Gasteiger partial charge in [0.05, 0.1) is 16.8 Å². The van der Waals surface area contributed by atoms with Gasteiger partial charge >= 0.3 is 5.97 Å². The van der Waals surface area contributed by atoms with Crippen molar-refractivity contribution in [3.05, 3.63) is 90.4 Å². The van der Waals surface area contributed by atoms with Crippen LogP contribution in [0, 0.1) is 5.82 Å².